The molecule has 0 radical (unpaired) electrons. The predicted molar refractivity (Wildman–Crippen MR) is 60.5 cm³/mol. The zero-order valence-electron chi connectivity index (χ0n) is 10.0. The fourth-order valence-corrected chi connectivity index (χ4v) is 2.03. The average molecular weight is 199 g/mol. The molecule has 1 unspecified atom stereocenters. The maximum atomic E-state index is 5.36. The standard InChI is InChI=1S/C12H25NO/c1-9(2)10(3)13-11-5-7-12(14-4)8-6-11/h9-13H,5-8H2,1-4H3. The molecule has 0 aliphatic heterocycles. The van der Waals surface area contributed by atoms with Crippen molar-refractivity contribution < 1.29 is 4.74 Å². The van der Waals surface area contributed by atoms with E-state index in [1.807, 2.05) is 7.11 Å². The number of hydrogen-bond donors (Lipinski definition) is 1. The van der Waals surface area contributed by atoms with Gasteiger partial charge in [-0.05, 0) is 38.5 Å². The lowest BCUT2D eigenvalue weighted by atomic mass is 9.91. The van der Waals surface area contributed by atoms with Crippen molar-refractivity contribution in [2.45, 2.75) is 64.6 Å². The predicted octanol–water partition coefficient (Wildman–Crippen LogP) is 2.58. The average Bonchev–Trinajstić information content (AvgIpc) is 2.19. The SMILES string of the molecule is COC1CCC(NC(C)C(C)C)CC1. The summed E-state index contributed by atoms with van der Waals surface area (Å²) in [5.74, 6) is 0.732. The number of methoxy groups -OCH3 is 1. The second kappa shape index (κ2) is 5.72. The van der Waals surface area contributed by atoms with Gasteiger partial charge in [0.2, 0.25) is 0 Å². The molecule has 1 saturated carbocycles. The van der Waals surface area contributed by atoms with Crippen LogP contribution in [0.1, 0.15) is 46.5 Å². The Hall–Kier alpha value is -0.0800. The fourth-order valence-electron chi connectivity index (χ4n) is 2.03. The zero-order valence-corrected chi connectivity index (χ0v) is 10.0. The molecule has 0 bridgehead atoms. The molecule has 0 amide bonds. The van der Waals surface area contributed by atoms with E-state index in [1.165, 1.54) is 25.7 Å². The summed E-state index contributed by atoms with van der Waals surface area (Å²) >= 11 is 0. The molecule has 14 heavy (non-hydrogen) atoms. The molecule has 1 fully saturated rings. The first kappa shape index (κ1) is 12.0. The number of rotatable bonds is 4. The molecular weight excluding hydrogens is 174 g/mol. The van der Waals surface area contributed by atoms with Gasteiger partial charge in [0.1, 0.15) is 0 Å². The summed E-state index contributed by atoms with van der Waals surface area (Å²) in [5.41, 5.74) is 0. The smallest absolute Gasteiger partial charge is 0.0572 e. The summed E-state index contributed by atoms with van der Waals surface area (Å²) in [4.78, 5) is 0. The van der Waals surface area contributed by atoms with Gasteiger partial charge >= 0.3 is 0 Å². The van der Waals surface area contributed by atoms with Crippen molar-refractivity contribution in [1.82, 2.24) is 5.32 Å². The molecular formula is C12H25NO. The number of hydrogen-bond acceptors (Lipinski definition) is 2. The highest BCUT2D eigenvalue weighted by atomic mass is 16.5. The van der Waals surface area contributed by atoms with Crippen LogP contribution in [0.3, 0.4) is 0 Å². The number of nitrogens with one attached hydrogen (secondary N) is 1. The second-order valence-corrected chi connectivity index (χ2v) is 4.91. The van der Waals surface area contributed by atoms with Crippen LogP contribution in [0.4, 0.5) is 0 Å². The van der Waals surface area contributed by atoms with Crippen molar-refractivity contribution in [3.05, 3.63) is 0 Å². The molecule has 1 N–H and O–H groups in total. The van der Waals surface area contributed by atoms with Gasteiger partial charge in [-0.2, -0.15) is 0 Å². The molecule has 1 aliphatic carbocycles. The molecule has 1 rings (SSSR count). The lowest BCUT2D eigenvalue weighted by Gasteiger charge is -2.31. The number of ether oxygens (including phenoxy) is 1. The largest absolute Gasteiger partial charge is 0.381 e. The normalized spacial score (nSPS) is 30.6. The van der Waals surface area contributed by atoms with Crippen LogP contribution in [0.15, 0.2) is 0 Å². The first-order valence-corrected chi connectivity index (χ1v) is 5.92. The monoisotopic (exact) mass is 199 g/mol. The van der Waals surface area contributed by atoms with Crippen LogP contribution in [0.25, 0.3) is 0 Å². The third kappa shape index (κ3) is 3.58. The van der Waals surface area contributed by atoms with Crippen LogP contribution in [-0.2, 0) is 4.74 Å². The lowest BCUT2D eigenvalue weighted by molar-refractivity contribution is 0.0606. The van der Waals surface area contributed by atoms with Gasteiger partial charge in [0.05, 0.1) is 6.10 Å². The van der Waals surface area contributed by atoms with Crippen molar-refractivity contribution in [2.24, 2.45) is 5.92 Å². The van der Waals surface area contributed by atoms with Crippen LogP contribution in [-0.4, -0.2) is 25.3 Å². The van der Waals surface area contributed by atoms with Crippen LogP contribution in [0.2, 0.25) is 0 Å². The Balaban J connectivity index is 2.22. The van der Waals surface area contributed by atoms with E-state index in [-0.39, 0.29) is 0 Å². The van der Waals surface area contributed by atoms with Gasteiger partial charge in [0, 0.05) is 19.2 Å². The molecule has 0 saturated heterocycles. The highest BCUT2D eigenvalue weighted by molar-refractivity contribution is 4.80. The summed E-state index contributed by atoms with van der Waals surface area (Å²) in [6, 6.07) is 1.36. The van der Waals surface area contributed by atoms with Gasteiger partial charge in [0.25, 0.3) is 0 Å². The Labute approximate surface area is 88.4 Å². The van der Waals surface area contributed by atoms with Crippen LogP contribution >= 0.6 is 0 Å². The van der Waals surface area contributed by atoms with Gasteiger partial charge in [-0.1, -0.05) is 13.8 Å². The maximum Gasteiger partial charge on any atom is 0.0572 e. The van der Waals surface area contributed by atoms with Crippen LogP contribution in [0.5, 0.6) is 0 Å². The van der Waals surface area contributed by atoms with E-state index in [4.69, 9.17) is 4.74 Å². The van der Waals surface area contributed by atoms with Crippen molar-refractivity contribution in [2.75, 3.05) is 7.11 Å². The molecule has 0 aromatic carbocycles. The molecule has 0 spiro atoms. The molecule has 0 heterocycles. The minimum absolute atomic E-state index is 0.516. The van der Waals surface area contributed by atoms with Gasteiger partial charge in [-0.15, -0.1) is 0 Å². The molecule has 2 nitrogen and oxygen atoms in total. The highest BCUT2D eigenvalue weighted by Gasteiger charge is 2.22. The highest BCUT2D eigenvalue weighted by Crippen LogP contribution is 2.21. The first-order valence-electron chi connectivity index (χ1n) is 5.92. The summed E-state index contributed by atoms with van der Waals surface area (Å²) in [5, 5.41) is 3.71. The molecule has 2 heteroatoms. The molecule has 1 atom stereocenters. The lowest BCUT2D eigenvalue weighted by Crippen LogP contribution is -2.42. The maximum absolute atomic E-state index is 5.36. The molecule has 0 aromatic heterocycles. The van der Waals surface area contributed by atoms with E-state index in [1.54, 1.807) is 0 Å². The minimum Gasteiger partial charge on any atom is -0.381 e. The molecule has 84 valence electrons. The first-order chi connectivity index (χ1) is 6.63. The molecule has 1 aliphatic rings. The second-order valence-electron chi connectivity index (χ2n) is 4.91. The van der Waals surface area contributed by atoms with Crippen molar-refractivity contribution in [1.29, 1.82) is 0 Å². The van der Waals surface area contributed by atoms with E-state index in [0.717, 1.165) is 12.0 Å². The Kier molecular flexibility index (Phi) is 4.90. The molecule has 0 aromatic rings. The fraction of sp³-hybridized carbons (Fsp3) is 1.00. The quantitative estimate of drug-likeness (QED) is 0.751. The topological polar surface area (TPSA) is 21.3 Å². The summed E-state index contributed by atoms with van der Waals surface area (Å²) in [6.45, 7) is 6.84. The summed E-state index contributed by atoms with van der Waals surface area (Å²) in [7, 11) is 1.83. The third-order valence-corrected chi connectivity index (χ3v) is 3.51. The Morgan fingerprint density at radius 3 is 2.07 bits per heavy atom. The van der Waals surface area contributed by atoms with Crippen molar-refractivity contribution in [3.63, 3.8) is 0 Å². The van der Waals surface area contributed by atoms with Crippen molar-refractivity contribution >= 4 is 0 Å². The Morgan fingerprint density at radius 2 is 1.64 bits per heavy atom. The zero-order chi connectivity index (χ0) is 10.6. The van der Waals surface area contributed by atoms with E-state index in [2.05, 4.69) is 26.1 Å². The summed E-state index contributed by atoms with van der Waals surface area (Å²) in [6.07, 6.45) is 5.51. The minimum atomic E-state index is 0.516. The Morgan fingerprint density at radius 1 is 1.07 bits per heavy atom. The van der Waals surface area contributed by atoms with Gasteiger partial charge in [-0.3, -0.25) is 0 Å². The Bertz CT molecular complexity index is 150. The van der Waals surface area contributed by atoms with Crippen molar-refractivity contribution in [3.8, 4) is 0 Å². The van der Waals surface area contributed by atoms with Crippen LogP contribution < -0.4 is 5.32 Å². The van der Waals surface area contributed by atoms with Gasteiger partial charge in [-0.25, -0.2) is 0 Å². The summed E-state index contributed by atoms with van der Waals surface area (Å²) < 4.78 is 5.36. The van der Waals surface area contributed by atoms with E-state index >= 15 is 0 Å². The van der Waals surface area contributed by atoms with Crippen LogP contribution in [0, 0.1) is 5.92 Å². The van der Waals surface area contributed by atoms with E-state index in [9.17, 15) is 0 Å². The van der Waals surface area contributed by atoms with E-state index in [0.29, 0.717) is 12.1 Å². The van der Waals surface area contributed by atoms with Gasteiger partial charge in [0.15, 0.2) is 0 Å². The van der Waals surface area contributed by atoms with Gasteiger partial charge < -0.3 is 10.1 Å². The third-order valence-electron chi connectivity index (χ3n) is 3.51. The van der Waals surface area contributed by atoms with E-state index < -0.39 is 0 Å².